The van der Waals surface area contributed by atoms with E-state index in [9.17, 15) is 0 Å². The zero-order valence-corrected chi connectivity index (χ0v) is 20.9. The van der Waals surface area contributed by atoms with E-state index in [2.05, 4.69) is 81.6 Å². The van der Waals surface area contributed by atoms with Gasteiger partial charge in [-0.3, -0.25) is 4.99 Å². The topological polar surface area (TPSA) is 55.8 Å². The Labute approximate surface area is 198 Å². The Morgan fingerprint density at radius 1 is 1.00 bits per heavy atom. The number of hydrogen-bond acceptors (Lipinski definition) is 4. The molecule has 30 heavy (non-hydrogen) atoms. The molecule has 1 saturated heterocycles. The molecule has 6 nitrogen and oxygen atoms in total. The molecule has 0 spiro atoms. The lowest BCUT2D eigenvalue weighted by Gasteiger charge is -2.33. The first kappa shape index (κ1) is 24.4. The molecule has 0 amide bonds. The number of piperazine rings is 1. The number of aliphatic imine (C=N–C) groups is 1. The number of rotatable bonds is 6. The molecule has 0 atom stereocenters. The summed E-state index contributed by atoms with van der Waals surface area (Å²) in [5.41, 5.74) is 5.20. The number of benzene rings is 1. The zero-order valence-electron chi connectivity index (χ0n) is 18.6. The van der Waals surface area contributed by atoms with E-state index in [0.717, 1.165) is 57.5 Å². The third kappa shape index (κ3) is 7.43. The van der Waals surface area contributed by atoms with Crippen LogP contribution in [0.4, 0.5) is 5.82 Å². The van der Waals surface area contributed by atoms with Crippen molar-refractivity contribution in [2.45, 2.75) is 26.8 Å². The number of nitrogens with zero attached hydrogens (tertiary/aromatic N) is 4. The SMILES string of the molecule is CN=C(NCCc1cc(C)cc(C)c1)NCc1ccnc(N2CCN(C)CC2)c1.I. The molecule has 0 unspecified atom stereocenters. The molecule has 3 rings (SSSR count). The Balaban J connectivity index is 0.00000320. The van der Waals surface area contributed by atoms with Gasteiger partial charge in [0.1, 0.15) is 5.82 Å². The van der Waals surface area contributed by atoms with Crippen LogP contribution in [-0.4, -0.2) is 62.7 Å². The Hall–Kier alpha value is -1.87. The number of hydrogen-bond donors (Lipinski definition) is 2. The molecule has 1 aliphatic rings. The van der Waals surface area contributed by atoms with Crippen molar-refractivity contribution in [2.75, 3.05) is 51.7 Å². The fourth-order valence-corrected chi connectivity index (χ4v) is 3.72. The van der Waals surface area contributed by atoms with Gasteiger partial charge in [0.2, 0.25) is 0 Å². The molecular weight excluding hydrogens is 487 g/mol. The summed E-state index contributed by atoms with van der Waals surface area (Å²) in [4.78, 5) is 13.6. The fraction of sp³-hybridized carbons (Fsp3) is 0.478. The highest BCUT2D eigenvalue weighted by Crippen LogP contribution is 2.14. The van der Waals surface area contributed by atoms with Crippen molar-refractivity contribution in [1.29, 1.82) is 0 Å². The Kier molecular flexibility index (Phi) is 9.84. The van der Waals surface area contributed by atoms with E-state index >= 15 is 0 Å². The predicted molar refractivity (Wildman–Crippen MR) is 137 cm³/mol. The monoisotopic (exact) mass is 522 g/mol. The van der Waals surface area contributed by atoms with Gasteiger partial charge in [-0.15, -0.1) is 24.0 Å². The van der Waals surface area contributed by atoms with Gasteiger partial charge in [0.05, 0.1) is 0 Å². The molecule has 0 saturated carbocycles. The highest BCUT2D eigenvalue weighted by Gasteiger charge is 2.15. The summed E-state index contributed by atoms with van der Waals surface area (Å²) in [6, 6.07) is 11.0. The summed E-state index contributed by atoms with van der Waals surface area (Å²) in [7, 11) is 3.98. The van der Waals surface area contributed by atoms with E-state index < -0.39 is 0 Å². The number of aromatic nitrogens is 1. The molecule has 1 fully saturated rings. The molecule has 2 N–H and O–H groups in total. The molecule has 2 heterocycles. The minimum Gasteiger partial charge on any atom is -0.356 e. The zero-order chi connectivity index (χ0) is 20.6. The van der Waals surface area contributed by atoms with Gasteiger partial charge in [-0.2, -0.15) is 0 Å². The van der Waals surface area contributed by atoms with Crippen LogP contribution < -0.4 is 15.5 Å². The first-order valence-electron chi connectivity index (χ1n) is 10.4. The van der Waals surface area contributed by atoms with Crippen LogP contribution in [0.1, 0.15) is 22.3 Å². The molecule has 0 bridgehead atoms. The van der Waals surface area contributed by atoms with Gasteiger partial charge in [0.15, 0.2) is 5.96 Å². The maximum absolute atomic E-state index is 4.57. The Morgan fingerprint density at radius 2 is 1.70 bits per heavy atom. The summed E-state index contributed by atoms with van der Waals surface area (Å²) in [6.07, 6.45) is 2.88. The van der Waals surface area contributed by atoms with E-state index in [4.69, 9.17) is 0 Å². The Morgan fingerprint density at radius 3 is 2.37 bits per heavy atom. The minimum absolute atomic E-state index is 0. The number of pyridine rings is 1. The maximum Gasteiger partial charge on any atom is 0.191 e. The number of likely N-dealkylation sites (N-methyl/N-ethyl adjacent to an activating group) is 1. The van der Waals surface area contributed by atoms with Gasteiger partial charge in [0.25, 0.3) is 0 Å². The number of guanidine groups is 1. The van der Waals surface area contributed by atoms with Crippen molar-refractivity contribution >= 4 is 35.8 Å². The standard InChI is InChI=1S/C23H34N6.HI/c1-18-13-19(2)15-20(14-18)5-8-26-23(24-3)27-17-21-6-7-25-22(16-21)29-11-9-28(4)10-12-29;/h6-7,13-16H,5,8-12,17H2,1-4H3,(H2,24,26,27);1H. The molecule has 0 radical (unpaired) electrons. The average Bonchev–Trinajstić information content (AvgIpc) is 2.70. The molecule has 0 aliphatic carbocycles. The van der Waals surface area contributed by atoms with Crippen LogP contribution in [0.15, 0.2) is 41.5 Å². The third-order valence-corrected chi connectivity index (χ3v) is 5.31. The maximum atomic E-state index is 4.57. The van der Waals surface area contributed by atoms with Crippen molar-refractivity contribution in [3.8, 4) is 0 Å². The van der Waals surface area contributed by atoms with Gasteiger partial charge >= 0.3 is 0 Å². The quantitative estimate of drug-likeness (QED) is 0.347. The number of anilines is 1. The van der Waals surface area contributed by atoms with E-state index in [0.29, 0.717) is 0 Å². The van der Waals surface area contributed by atoms with Gasteiger partial charge in [-0.05, 0) is 50.6 Å². The molecule has 2 aromatic rings. The van der Waals surface area contributed by atoms with Crippen LogP contribution in [0.5, 0.6) is 0 Å². The highest BCUT2D eigenvalue weighted by atomic mass is 127. The van der Waals surface area contributed by atoms with Crippen molar-refractivity contribution in [3.63, 3.8) is 0 Å². The van der Waals surface area contributed by atoms with E-state index in [1.54, 1.807) is 0 Å². The molecule has 1 aromatic carbocycles. The smallest absolute Gasteiger partial charge is 0.191 e. The lowest BCUT2D eigenvalue weighted by Crippen LogP contribution is -2.44. The predicted octanol–water partition coefficient (Wildman–Crippen LogP) is 2.98. The van der Waals surface area contributed by atoms with Crippen molar-refractivity contribution in [2.24, 2.45) is 4.99 Å². The first-order valence-corrected chi connectivity index (χ1v) is 10.4. The normalized spacial score (nSPS) is 14.9. The summed E-state index contributed by atoms with van der Waals surface area (Å²) in [5, 5.41) is 6.83. The van der Waals surface area contributed by atoms with Crippen LogP contribution in [-0.2, 0) is 13.0 Å². The van der Waals surface area contributed by atoms with Crippen LogP contribution >= 0.6 is 24.0 Å². The Bertz CT molecular complexity index is 810. The summed E-state index contributed by atoms with van der Waals surface area (Å²) >= 11 is 0. The second-order valence-electron chi connectivity index (χ2n) is 7.91. The second-order valence-corrected chi connectivity index (χ2v) is 7.91. The fourth-order valence-electron chi connectivity index (χ4n) is 3.72. The molecule has 1 aliphatic heterocycles. The van der Waals surface area contributed by atoms with Gasteiger partial charge < -0.3 is 20.4 Å². The summed E-state index contributed by atoms with van der Waals surface area (Å²) in [6.45, 7) is 10.1. The molecule has 7 heteroatoms. The lowest BCUT2D eigenvalue weighted by atomic mass is 10.1. The van der Waals surface area contributed by atoms with Gasteiger partial charge in [-0.1, -0.05) is 29.3 Å². The van der Waals surface area contributed by atoms with Gasteiger partial charge in [-0.25, -0.2) is 4.98 Å². The van der Waals surface area contributed by atoms with Crippen LogP contribution in [0.3, 0.4) is 0 Å². The third-order valence-electron chi connectivity index (χ3n) is 5.31. The summed E-state index contributed by atoms with van der Waals surface area (Å²) < 4.78 is 0. The number of nitrogens with one attached hydrogen (secondary N) is 2. The molecule has 1 aromatic heterocycles. The average molecular weight is 522 g/mol. The number of aryl methyl sites for hydroxylation is 2. The summed E-state index contributed by atoms with van der Waals surface area (Å²) in [5.74, 6) is 1.89. The second kappa shape index (κ2) is 12.1. The van der Waals surface area contributed by atoms with E-state index in [1.165, 1.54) is 22.3 Å². The van der Waals surface area contributed by atoms with Crippen LogP contribution in [0, 0.1) is 13.8 Å². The van der Waals surface area contributed by atoms with Crippen molar-refractivity contribution in [3.05, 3.63) is 58.8 Å². The minimum atomic E-state index is 0. The largest absolute Gasteiger partial charge is 0.356 e. The first-order chi connectivity index (χ1) is 14.0. The number of halogens is 1. The van der Waals surface area contributed by atoms with Crippen molar-refractivity contribution in [1.82, 2.24) is 20.5 Å². The lowest BCUT2D eigenvalue weighted by molar-refractivity contribution is 0.312. The van der Waals surface area contributed by atoms with Crippen molar-refractivity contribution < 1.29 is 0 Å². The van der Waals surface area contributed by atoms with E-state index in [-0.39, 0.29) is 24.0 Å². The van der Waals surface area contributed by atoms with Gasteiger partial charge in [0, 0.05) is 52.5 Å². The van der Waals surface area contributed by atoms with Crippen LogP contribution in [0.2, 0.25) is 0 Å². The molecule has 164 valence electrons. The van der Waals surface area contributed by atoms with E-state index in [1.807, 2.05) is 13.2 Å². The highest BCUT2D eigenvalue weighted by molar-refractivity contribution is 14.0. The van der Waals surface area contributed by atoms with Crippen LogP contribution in [0.25, 0.3) is 0 Å². The molecular formula is C23H35IN6.